The molecule has 0 aliphatic carbocycles. The van der Waals surface area contributed by atoms with Gasteiger partial charge >= 0.3 is 0 Å². The smallest absolute Gasteiger partial charge is 0.270 e. The number of benzene rings is 2. The Hall–Kier alpha value is -3.30. The van der Waals surface area contributed by atoms with Crippen LogP contribution < -0.4 is 4.90 Å². The van der Waals surface area contributed by atoms with Crippen molar-refractivity contribution in [3.63, 3.8) is 0 Å². The van der Waals surface area contributed by atoms with Gasteiger partial charge in [0.2, 0.25) is 5.91 Å². The fourth-order valence-corrected chi connectivity index (χ4v) is 4.50. The first-order valence-electron chi connectivity index (χ1n) is 9.40. The minimum Gasteiger partial charge on any atom is -0.283 e. The van der Waals surface area contributed by atoms with Gasteiger partial charge in [0.25, 0.3) is 5.69 Å². The monoisotopic (exact) mass is 450 g/mol. The van der Waals surface area contributed by atoms with Crippen molar-refractivity contribution in [1.29, 1.82) is 0 Å². The predicted octanol–water partition coefficient (Wildman–Crippen LogP) is 5.10. The van der Waals surface area contributed by atoms with Crippen molar-refractivity contribution < 1.29 is 9.72 Å². The number of pyridine rings is 1. The topological polar surface area (TPSA) is 89.2 Å². The zero-order chi connectivity index (χ0) is 21.8. The lowest BCUT2D eigenvalue weighted by Gasteiger charge is -2.20. The molecule has 0 atom stereocenters. The molecular weight excluding hydrogens is 432 g/mol. The van der Waals surface area contributed by atoms with Crippen LogP contribution in [0.25, 0.3) is 10.2 Å². The molecule has 1 amide bonds. The fraction of sp³-hybridized carbons (Fsp3) is 0.136. The van der Waals surface area contributed by atoms with E-state index in [2.05, 4.69) is 9.97 Å². The van der Waals surface area contributed by atoms with E-state index in [9.17, 15) is 14.9 Å². The number of thioether (sulfide) groups is 1. The molecule has 0 aliphatic rings. The van der Waals surface area contributed by atoms with Crippen LogP contribution in [0.4, 0.5) is 10.8 Å². The Labute approximate surface area is 186 Å². The van der Waals surface area contributed by atoms with Crippen LogP contribution in [0.1, 0.15) is 11.1 Å². The van der Waals surface area contributed by atoms with Crippen LogP contribution in [0.3, 0.4) is 0 Å². The first-order chi connectivity index (χ1) is 15.0. The van der Waals surface area contributed by atoms with Gasteiger partial charge in [-0.15, -0.1) is 11.8 Å². The van der Waals surface area contributed by atoms with Crippen LogP contribution in [0.15, 0.2) is 71.9 Å². The van der Waals surface area contributed by atoms with E-state index < -0.39 is 4.92 Å². The number of fused-ring (bicyclic) bond motifs is 1. The summed E-state index contributed by atoms with van der Waals surface area (Å²) in [7, 11) is 0. The van der Waals surface area contributed by atoms with Crippen LogP contribution in [-0.4, -0.2) is 27.1 Å². The van der Waals surface area contributed by atoms with Crippen LogP contribution >= 0.6 is 23.1 Å². The molecule has 0 spiro atoms. The van der Waals surface area contributed by atoms with E-state index in [0.717, 1.165) is 16.0 Å². The van der Waals surface area contributed by atoms with E-state index >= 15 is 0 Å². The summed E-state index contributed by atoms with van der Waals surface area (Å²) >= 11 is 2.92. The summed E-state index contributed by atoms with van der Waals surface area (Å²) in [5, 5.41) is 11.6. The zero-order valence-electron chi connectivity index (χ0n) is 16.6. The fourth-order valence-electron chi connectivity index (χ4n) is 3.08. The maximum Gasteiger partial charge on any atom is 0.270 e. The molecule has 0 saturated heterocycles. The van der Waals surface area contributed by atoms with Crippen LogP contribution in [0.2, 0.25) is 0 Å². The predicted molar refractivity (Wildman–Crippen MR) is 124 cm³/mol. The third-order valence-electron chi connectivity index (χ3n) is 4.71. The molecule has 31 heavy (non-hydrogen) atoms. The van der Waals surface area contributed by atoms with Gasteiger partial charge < -0.3 is 0 Å². The van der Waals surface area contributed by atoms with Crippen molar-refractivity contribution in [3.8, 4) is 0 Å². The molecule has 2 aromatic carbocycles. The molecule has 156 valence electrons. The van der Waals surface area contributed by atoms with Crippen molar-refractivity contribution >= 4 is 50.0 Å². The molecule has 4 aromatic rings. The Kier molecular flexibility index (Phi) is 6.24. The van der Waals surface area contributed by atoms with E-state index in [4.69, 9.17) is 0 Å². The third kappa shape index (κ3) is 4.89. The summed E-state index contributed by atoms with van der Waals surface area (Å²) in [6.07, 6.45) is 5.60. The lowest BCUT2D eigenvalue weighted by atomic mass is 10.1. The summed E-state index contributed by atoms with van der Waals surface area (Å²) < 4.78 is 0.668. The van der Waals surface area contributed by atoms with Gasteiger partial charge in [0.15, 0.2) is 5.13 Å². The second-order valence-electron chi connectivity index (χ2n) is 6.77. The standard InChI is InChI=1S/C22H18N4O3S2/c1-30-18-5-2-15(3-6-18)12-21(27)25(14-16-8-10-23-11-9-16)22-24-19-7-4-17(26(28)29)13-20(19)31-22/h2-11,13H,12,14H2,1H3. The number of hydrogen-bond donors (Lipinski definition) is 0. The van der Waals surface area contributed by atoms with E-state index in [0.29, 0.717) is 21.9 Å². The van der Waals surface area contributed by atoms with Crippen molar-refractivity contribution in [2.24, 2.45) is 0 Å². The molecule has 0 aliphatic heterocycles. The van der Waals surface area contributed by atoms with Gasteiger partial charge in [-0.3, -0.25) is 24.8 Å². The largest absolute Gasteiger partial charge is 0.283 e. The lowest BCUT2D eigenvalue weighted by Crippen LogP contribution is -2.31. The maximum atomic E-state index is 13.3. The highest BCUT2D eigenvalue weighted by molar-refractivity contribution is 7.98. The molecule has 2 heterocycles. The molecule has 0 radical (unpaired) electrons. The van der Waals surface area contributed by atoms with Crippen molar-refractivity contribution in [1.82, 2.24) is 9.97 Å². The highest BCUT2D eigenvalue weighted by Gasteiger charge is 2.21. The average Bonchev–Trinajstić information content (AvgIpc) is 3.21. The number of non-ortho nitro benzene ring substituents is 1. The molecular formula is C22H18N4O3S2. The van der Waals surface area contributed by atoms with E-state index in [1.807, 2.05) is 42.7 Å². The van der Waals surface area contributed by atoms with Gasteiger partial charge in [-0.2, -0.15) is 0 Å². The molecule has 2 aromatic heterocycles. The minimum atomic E-state index is -0.434. The Morgan fingerprint density at radius 1 is 1.10 bits per heavy atom. The molecule has 0 bridgehead atoms. The number of anilines is 1. The zero-order valence-corrected chi connectivity index (χ0v) is 18.2. The molecule has 0 saturated carbocycles. The Balaban J connectivity index is 1.67. The minimum absolute atomic E-state index is 0.00333. The number of nitro groups is 1. The van der Waals surface area contributed by atoms with Gasteiger partial charge in [0.05, 0.1) is 28.1 Å². The van der Waals surface area contributed by atoms with E-state index in [1.54, 1.807) is 35.1 Å². The number of hydrogen-bond acceptors (Lipinski definition) is 7. The number of aromatic nitrogens is 2. The molecule has 0 N–H and O–H groups in total. The maximum absolute atomic E-state index is 13.3. The van der Waals surface area contributed by atoms with Gasteiger partial charge in [-0.1, -0.05) is 23.5 Å². The second-order valence-corrected chi connectivity index (χ2v) is 8.65. The van der Waals surface area contributed by atoms with Gasteiger partial charge in [-0.25, -0.2) is 4.98 Å². The Morgan fingerprint density at radius 3 is 2.52 bits per heavy atom. The third-order valence-corrected chi connectivity index (χ3v) is 6.49. The quantitative estimate of drug-likeness (QED) is 0.221. The highest BCUT2D eigenvalue weighted by atomic mass is 32.2. The Bertz CT molecular complexity index is 1230. The highest BCUT2D eigenvalue weighted by Crippen LogP contribution is 2.32. The van der Waals surface area contributed by atoms with Crippen molar-refractivity contribution in [2.45, 2.75) is 17.9 Å². The average molecular weight is 451 g/mol. The number of carbonyl (C=O) groups excluding carboxylic acids is 1. The number of thiazole rings is 1. The van der Waals surface area contributed by atoms with E-state index in [-0.39, 0.29) is 18.0 Å². The second kappa shape index (κ2) is 9.23. The summed E-state index contributed by atoms with van der Waals surface area (Å²) in [6.45, 7) is 0.339. The van der Waals surface area contributed by atoms with Gasteiger partial charge in [0.1, 0.15) is 0 Å². The lowest BCUT2D eigenvalue weighted by molar-refractivity contribution is -0.384. The number of nitrogens with zero attached hydrogens (tertiary/aromatic N) is 4. The van der Waals surface area contributed by atoms with Crippen LogP contribution in [0.5, 0.6) is 0 Å². The molecule has 4 rings (SSSR count). The SMILES string of the molecule is CSc1ccc(CC(=O)N(Cc2ccncc2)c2nc3ccc([N+](=O)[O-])cc3s2)cc1. The molecule has 9 heteroatoms. The first-order valence-corrected chi connectivity index (χ1v) is 11.4. The van der Waals surface area contributed by atoms with Crippen LogP contribution in [-0.2, 0) is 17.8 Å². The summed E-state index contributed by atoms with van der Waals surface area (Å²) in [5.74, 6) is -0.0951. The number of amides is 1. The van der Waals surface area contributed by atoms with Gasteiger partial charge in [-0.05, 0) is 47.7 Å². The molecule has 7 nitrogen and oxygen atoms in total. The number of rotatable bonds is 7. The van der Waals surface area contributed by atoms with Crippen molar-refractivity contribution in [2.75, 3.05) is 11.2 Å². The molecule has 0 unspecified atom stereocenters. The van der Waals surface area contributed by atoms with Crippen molar-refractivity contribution in [3.05, 3.63) is 88.2 Å². The normalized spacial score (nSPS) is 10.9. The summed E-state index contributed by atoms with van der Waals surface area (Å²) in [4.78, 5) is 35.3. The summed E-state index contributed by atoms with van der Waals surface area (Å²) in [6, 6.07) is 16.1. The summed E-state index contributed by atoms with van der Waals surface area (Å²) in [5.41, 5.74) is 2.47. The van der Waals surface area contributed by atoms with E-state index in [1.165, 1.54) is 23.5 Å². The number of nitro benzene ring substituents is 1. The van der Waals surface area contributed by atoms with Crippen LogP contribution in [0, 0.1) is 10.1 Å². The number of carbonyl (C=O) groups is 1. The molecule has 0 fully saturated rings. The van der Waals surface area contributed by atoms with Gasteiger partial charge in [0, 0.05) is 29.4 Å². The first kappa shape index (κ1) is 21.0. The Morgan fingerprint density at radius 2 is 1.84 bits per heavy atom.